The van der Waals surface area contributed by atoms with Gasteiger partial charge in [0.2, 0.25) is 12.7 Å². The molecule has 0 saturated carbocycles. The van der Waals surface area contributed by atoms with E-state index in [9.17, 15) is 26.4 Å². The number of fused-ring (bicyclic) bond motifs is 2. The number of hydrogen-bond acceptors (Lipinski definition) is 6. The molecule has 164 valence electrons. The molecule has 0 aromatic heterocycles. The van der Waals surface area contributed by atoms with Gasteiger partial charge in [0.15, 0.2) is 11.5 Å². The second kappa shape index (κ2) is 7.76. The Bertz CT molecular complexity index is 1180. The Kier molecular flexibility index (Phi) is 5.25. The fourth-order valence-electron chi connectivity index (χ4n) is 3.08. The Balaban J connectivity index is 1.37. The molecule has 0 atom stereocenters. The second-order valence-corrected chi connectivity index (χ2v) is 8.38. The Labute approximate surface area is 175 Å². The van der Waals surface area contributed by atoms with E-state index < -0.39 is 21.8 Å². The van der Waals surface area contributed by atoms with Crippen molar-refractivity contribution < 1.29 is 35.9 Å². The summed E-state index contributed by atoms with van der Waals surface area (Å²) in [7, 11) is -4.16. The van der Waals surface area contributed by atoms with Gasteiger partial charge in [0.1, 0.15) is 10.7 Å². The molecule has 2 aliphatic rings. The summed E-state index contributed by atoms with van der Waals surface area (Å²) in [5.74, 6) is 0.709. The predicted molar refractivity (Wildman–Crippen MR) is 103 cm³/mol. The SMILES string of the molecule is O=C(CCC1=NS(=O)(=O)c2ccc(C(F)(F)F)cc2N1)NCc1ccc2c(c1)OCO2. The van der Waals surface area contributed by atoms with Crippen LogP contribution < -0.4 is 20.1 Å². The number of nitrogens with one attached hydrogen (secondary N) is 2. The lowest BCUT2D eigenvalue weighted by molar-refractivity contribution is -0.137. The van der Waals surface area contributed by atoms with Crippen LogP contribution in [0.1, 0.15) is 24.0 Å². The number of benzene rings is 2. The number of halogens is 3. The summed E-state index contributed by atoms with van der Waals surface area (Å²) < 4.78 is 77.3. The van der Waals surface area contributed by atoms with E-state index in [1.807, 2.05) is 0 Å². The van der Waals surface area contributed by atoms with Gasteiger partial charge in [-0.3, -0.25) is 4.79 Å². The molecule has 2 N–H and O–H groups in total. The van der Waals surface area contributed by atoms with Crippen LogP contribution in [0.4, 0.5) is 18.9 Å². The maximum absolute atomic E-state index is 12.9. The lowest BCUT2D eigenvalue weighted by Crippen LogP contribution is -2.26. The van der Waals surface area contributed by atoms with Gasteiger partial charge in [0.05, 0.1) is 11.3 Å². The van der Waals surface area contributed by atoms with Crippen molar-refractivity contribution in [3.8, 4) is 11.5 Å². The fraction of sp³-hybridized carbons (Fsp3) is 0.263. The van der Waals surface area contributed by atoms with Crippen LogP contribution in [-0.4, -0.2) is 27.0 Å². The molecule has 2 aromatic carbocycles. The summed E-state index contributed by atoms with van der Waals surface area (Å²) in [5, 5.41) is 5.27. The smallest absolute Gasteiger partial charge is 0.416 e. The number of carbonyl (C=O) groups is 1. The number of nitrogens with zero attached hydrogens (tertiary/aromatic N) is 1. The fourth-order valence-corrected chi connectivity index (χ4v) is 4.23. The third kappa shape index (κ3) is 4.58. The summed E-state index contributed by atoms with van der Waals surface area (Å²) in [4.78, 5) is 11.8. The van der Waals surface area contributed by atoms with Gasteiger partial charge >= 0.3 is 6.18 Å². The number of hydrogen-bond donors (Lipinski definition) is 2. The number of sulfonamides is 1. The highest BCUT2D eigenvalue weighted by molar-refractivity contribution is 7.90. The van der Waals surface area contributed by atoms with Crippen molar-refractivity contribution in [3.63, 3.8) is 0 Å². The molecule has 8 nitrogen and oxygen atoms in total. The molecule has 0 bridgehead atoms. The molecular formula is C19H16F3N3O5S. The summed E-state index contributed by atoms with van der Waals surface area (Å²) in [6.45, 7) is 0.349. The molecule has 2 heterocycles. The van der Waals surface area contributed by atoms with E-state index in [4.69, 9.17) is 9.47 Å². The Morgan fingerprint density at radius 1 is 1.13 bits per heavy atom. The van der Waals surface area contributed by atoms with E-state index in [-0.39, 0.29) is 48.5 Å². The lowest BCUT2D eigenvalue weighted by Gasteiger charge is -2.19. The zero-order valence-corrected chi connectivity index (χ0v) is 16.6. The molecule has 12 heteroatoms. The molecule has 0 fully saturated rings. The maximum Gasteiger partial charge on any atom is 0.416 e. The van der Waals surface area contributed by atoms with Gasteiger partial charge in [-0.1, -0.05) is 6.07 Å². The minimum atomic E-state index is -4.62. The van der Waals surface area contributed by atoms with Crippen molar-refractivity contribution in [1.82, 2.24) is 5.32 Å². The van der Waals surface area contributed by atoms with Crippen molar-refractivity contribution in [2.45, 2.75) is 30.5 Å². The number of anilines is 1. The number of alkyl halides is 3. The third-order valence-electron chi connectivity index (χ3n) is 4.61. The highest BCUT2D eigenvalue weighted by atomic mass is 32.2. The average Bonchev–Trinajstić information content (AvgIpc) is 3.17. The van der Waals surface area contributed by atoms with Crippen LogP contribution in [0, 0.1) is 0 Å². The van der Waals surface area contributed by atoms with E-state index in [0.29, 0.717) is 23.6 Å². The van der Waals surface area contributed by atoms with Gasteiger partial charge in [0, 0.05) is 19.4 Å². The van der Waals surface area contributed by atoms with Gasteiger partial charge in [0.25, 0.3) is 10.0 Å². The molecular weight excluding hydrogens is 439 g/mol. The monoisotopic (exact) mass is 455 g/mol. The normalized spacial score (nSPS) is 16.2. The van der Waals surface area contributed by atoms with Crippen LogP contribution in [0.2, 0.25) is 0 Å². The minimum Gasteiger partial charge on any atom is -0.454 e. The zero-order valence-electron chi connectivity index (χ0n) is 15.8. The number of amidine groups is 1. The third-order valence-corrected chi connectivity index (χ3v) is 5.98. The quantitative estimate of drug-likeness (QED) is 0.718. The van der Waals surface area contributed by atoms with Gasteiger partial charge in [-0.15, -0.1) is 4.40 Å². The zero-order chi connectivity index (χ0) is 22.2. The van der Waals surface area contributed by atoms with Crippen LogP contribution in [0.5, 0.6) is 11.5 Å². The molecule has 0 saturated heterocycles. The standard InChI is InChI=1S/C19H16F3N3O5S/c20-19(21,22)12-2-4-16-13(8-12)24-17(25-31(16,27)28)5-6-18(26)23-9-11-1-3-14-15(7-11)30-10-29-14/h1-4,7-8H,5-6,9-10H2,(H,23,26)(H,24,25). The maximum atomic E-state index is 12.9. The molecule has 0 spiro atoms. The number of amides is 1. The summed E-state index contributed by atoms with van der Waals surface area (Å²) in [5.41, 5.74) is -0.431. The summed E-state index contributed by atoms with van der Waals surface area (Å²) in [6.07, 6.45) is -4.83. The predicted octanol–water partition coefficient (Wildman–Crippen LogP) is 3.04. The van der Waals surface area contributed by atoms with E-state index in [1.165, 1.54) is 0 Å². The second-order valence-electron chi connectivity index (χ2n) is 6.81. The Morgan fingerprint density at radius 2 is 1.90 bits per heavy atom. The number of carbonyl (C=O) groups excluding carboxylic acids is 1. The first-order valence-corrected chi connectivity index (χ1v) is 10.5. The molecule has 31 heavy (non-hydrogen) atoms. The summed E-state index contributed by atoms with van der Waals surface area (Å²) in [6, 6.07) is 7.48. The highest BCUT2D eigenvalue weighted by Gasteiger charge is 2.33. The molecule has 0 unspecified atom stereocenters. The molecule has 2 aliphatic heterocycles. The molecule has 1 amide bonds. The van der Waals surface area contributed by atoms with Crippen molar-refractivity contribution in [2.24, 2.45) is 4.40 Å². The Hall–Kier alpha value is -3.28. The highest BCUT2D eigenvalue weighted by Crippen LogP contribution is 2.36. The van der Waals surface area contributed by atoms with Crippen LogP contribution in [0.15, 0.2) is 45.7 Å². The first-order chi connectivity index (χ1) is 14.6. The van der Waals surface area contributed by atoms with Crippen molar-refractivity contribution in [1.29, 1.82) is 0 Å². The first kappa shape index (κ1) is 21.0. The molecule has 0 aliphatic carbocycles. The number of rotatable bonds is 5. The van der Waals surface area contributed by atoms with Gasteiger partial charge in [-0.05, 0) is 35.9 Å². The average molecular weight is 455 g/mol. The van der Waals surface area contributed by atoms with Crippen molar-refractivity contribution in [3.05, 3.63) is 47.5 Å². The first-order valence-electron chi connectivity index (χ1n) is 9.09. The van der Waals surface area contributed by atoms with E-state index in [1.54, 1.807) is 18.2 Å². The van der Waals surface area contributed by atoms with Crippen LogP contribution in [-0.2, 0) is 27.5 Å². The van der Waals surface area contributed by atoms with Crippen molar-refractivity contribution >= 4 is 27.5 Å². The largest absolute Gasteiger partial charge is 0.454 e. The van der Waals surface area contributed by atoms with Gasteiger partial charge in [-0.2, -0.15) is 21.6 Å². The molecule has 0 radical (unpaired) electrons. The van der Waals surface area contributed by atoms with E-state index in [2.05, 4.69) is 15.0 Å². The topological polar surface area (TPSA) is 106 Å². The van der Waals surface area contributed by atoms with Crippen LogP contribution in [0.3, 0.4) is 0 Å². The van der Waals surface area contributed by atoms with Gasteiger partial charge in [-0.25, -0.2) is 0 Å². The van der Waals surface area contributed by atoms with E-state index in [0.717, 1.165) is 11.6 Å². The lowest BCUT2D eigenvalue weighted by atomic mass is 10.1. The summed E-state index contributed by atoms with van der Waals surface area (Å²) >= 11 is 0. The van der Waals surface area contributed by atoms with Gasteiger partial charge < -0.3 is 20.1 Å². The Morgan fingerprint density at radius 3 is 2.68 bits per heavy atom. The van der Waals surface area contributed by atoms with Crippen LogP contribution in [0.25, 0.3) is 0 Å². The van der Waals surface area contributed by atoms with Crippen LogP contribution >= 0.6 is 0 Å². The number of ether oxygens (including phenoxy) is 2. The van der Waals surface area contributed by atoms with Crippen molar-refractivity contribution in [2.75, 3.05) is 12.1 Å². The van der Waals surface area contributed by atoms with E-state index >= 15 is 0 Å². The molecule has 2 aromatic rings. The minimum absolute atomic E-state index is 0.0953. The molecule has 4 rings (SSSR count).